The van der Waals surface area contributed by atoms with Crippen LogP contribution in [0.1, 0.15) is 264 Å². The molecule has 1 aliphatic rings. The van der Waals surface area contributed by atoms with E-state index in [1.54, 1.807) is 0 Å². The minimum absolute atomic E-state index is 0.0964. The molecular weight excluding hydrogens is 888 g/mol. The first-order valence-corrected chi connectivity index (χ1v) is 29.5. The molecule has 0 aromatic carbocycles. The molecule has 0 bridgehead atoms. The topological polar surface area (TPSA) is 210 Å². The van der Waals surface area contributed by atoms with Crippen LogP contribution in [0, 0.1) is 0 Å². The number of phosphoric acid groups is 1. The summed E-state index contributed by atoms with van der Waals surface area (Å²) in [5, 5.41) is 50.3. The third-order valence-corrected chi connectivity index (χ3v) is 14.3. The molecule has 14 heteroatoms. The van der Waals surface area contributed by atoms with Gasteiger partial charge in [-0.2, -0.15) is 0 Å². The Morgan fingerprint density at radius 3 is 1.12 bits per heavy atom. The number of esters is 2. The number of allylic oxidation sites excluding steroid dienone is 2. The SMILES string of the molecule is CCCCCCCC/C=C\CCCCCCCCCC(=O)OC(COC(=O)CCCCCCCCCCCCCCCCCCCCCCCC)COP(=O)(O)OC1C(O)C(O)C(O)C(O)C1O. The molecule has 402 valence electrons. The number of rotatable bonds is 48. The molecule has 0 amide bonds. The van der Waals surface area contributed by atoms with Gasteiger partial charge in [0.2, 0.25) is 0 Å². The number of ether oxygens (including phenoxy) is 2. The highest BCUT2D eigenvalue weighted by Crippen LogP contribution is 2.47. The Kier molecular flexibility index (Phi) is 42.1. The second-order valence-electron chi connectivity index (χ2n) is 19.8. The molecule has 0 aliphatic heterocycles. The third kappa shape index (κ3) is 35.7. The summed E-state index contributed by atoms with van der Waals surface area (Å²) in [6.07, 6.45) is 36.9. The summed E-state index contributed by atoms with van der Waals surface area (Å²) in [6.45, 7) is 3.35. The summed E-state index contributed by atoms with van der Waals surface area (Å²) in [6, 6.07) is 0. The van der Waals surface area contributed by atoms with Crippen molar-refractivity contribution in [2.75, 3.05) is 13.2 Å². The van der Waals surface area contributed by atoms with Gasteiger partial charge in [-0.1, -0.05) is 225 Å². The zero-order valence-electron chi connectivity index (χ0n) is 43.2. The van der Waals surface area contributed by atoms with Gasteiger partial charge in [0.1, 0.15) is 43.2 Å². The lowest BCUT2D eigenvalue weighted by Crippen LogP contribution is -2.64. The van der Waals surface area contributed by atoms with Crippen LogP contribution < -0.4 is 0 Å². The standard InChI is InChI=1S/C54H103O13P/c1-3-5-7-9-11-13-15-17-19-21-22-23-24-25-27-28-30-32-34-36-38-40-42-47(55)64-44-46(45-65-68(62,63)67-54-52(60)50(58)49(57)51(59)53(54)61)66-48(56)43-41-39-37-35-33-31-29-26-20-18-16-14-12-10-8-6-4-2/h18,20,46,49-54,57-61H,3-17,19,21-45H2,1-2H3,(H,62,63)/b20-18-. The van der Waals surface area contributed by atoms with Crippen molar-refractivity contribution in [1.29, 1.82) is 0 Å². The molecule has 0 spiro atoms. The normalized spacial score (nSPS) is 21.0. The van der Waals surface area contributed by atoms with E-state index in [2.05, 4.69) is 26.0 Å². The van der Waals surface area contributed by atoms with Crippen LogP contribution in [0.2, 0.25) is 0 Å². The summed E-state index contributed by atoms with van der Waals surface area (Å²) >= 11 is 0. The number of carbonyl (C=O) groups is 2. The molecule has 13 nitrogen and oxygen atoms in total. The van der Waals surface area contributed by atoms with Crippen molar-refractivity contribution in [2.24, 2.45) is 0 Å². The Bertz CT molecular complexity index is 1240. The van der Waals surface area contributed by atoms with Gasteiger partial charge in [0.05, 0.1) is 6.61 Å². The lowest BCUT2D eigenvalue weighted by Gasteiger charge is -2.41. The maximum atomic E-state index is 12.9. The molecule has 0 aromatic heterocycles. The lowest BCUT2D eigenvalue weighted by atomic mass is 9.85. The van der Waals surface area contributed by atoms with E-state index in [9.17, 15) is 44.6 Å². The number of unbranched alkanes of at least 4 members (excludes halogenated alkanes) is 34. The summed E-state index contributed by atoms with van der Waals surface area (Å²) in [5.74, 6) is -1.09. The smallest absolute Gasteiger partial charge is 0.462 e. The van der Waals surface area contributed by atoms with Crippen LogP contribution >= 0.6 is 7.82 Å². The summed E-state index contributed by atoms with van der Waals surface area (Å²) in [7, 11) is -5.12. The van der Waals surface area contributed by atoms with Gasteiger partial charge in [0, 0.05) is 12.8 Å². The number of hydrogen-bond donors (Lipinski definition) is 6. The molecule has 0 saturated heterocycles. The Balaban J connectivity index is 2.33. The molecule has 1 rings (SSSR count). The van der Waals surface area contributed by atoms with Crippen LogP contribution in [0.5, 0.6) is 0 Å². The molecular formula is C54H103O13P. The van der Waals surface area contributed by atoms with Gasteiger partial charge < -0.3 is 39.9 Å². The fourth-order valence-corrected chi connectivity index (χ4v) is 9.85. The first-order valence-electron chi connectivity index (χ1n) is 28.0. The highest BCUT2D eigenvalue weighted by Gasteiger charge is 2.51. The van der Waals surface area contributed by atoms with Crippen molar-refractivity contribution in [3.63, 3.8) is 0 Å². The number of phosphoric ester groups is 1. The quantitative estimate of drug-likeness (QED) is 0.0145. The molecule has 68 heavy (non-hydrogen) atoms. The third-order valence-electron chi connectivity index (χ3n) is 13.4. The molecule has 1 aliphatic carbocycles. The average Bonchev–Trinajstić information content (AvgIpc) is 3.32. The minimum atomic E-state index is -5.12. The van der Waals surface area contributed by atoms with E-state index >= 15 is 0 Å². The maximum Gasteiger partial charge on any atom is 0.472 e. The average molecular weight is 991 g/mol. The lowest BCUT2D eigenvalue weighted by molar-refractivity contribution is -0.220. The van der Waals surface area contributed by atoms with Gasteiger partial charge in [0.15, 0.2) is 6.10 Å². The number of aliphatic hydroxyl groups is 5. The van der Waals surface area contributed by atoms with Crippen molar-refractivity contribution in [2.45, 2.75) is 307 Å². The molecule has 0 aromatic rings. The van der Waals surface area contributed by atoms with Crippen LogP contribution in [0.4, 0.5) is 0 Å². The van der Waals surface area contributed by atoms with E-state index in [-0.39, 0.29) is 12.8 Å². The van der Waals surface area contributed by atoms with E-state index in [1.165, 1.54) is 173 Å². The molecule has 1 fully saturated rings. The molecule has 6 atom stereocenters. The Morgan fingerprint density at radius 1 is 0.441 bits per heavy atom. The van der Waals surface area contributed by atoms with E-state index in [1.807, 2.05) is 0 Å². The Morgan fingerprint density at radius 2 is 0.750 bits per heavy atom. The first-order chi connectivity index (χ1) is 32.9. The van der Waals surface area contributed by atoms with Crippen molar-refractivity contribution in [3.05, 3.63) is 12.2 Å². The van der Waals surface area contributed by atoms with Crippen molar-refractivity contribution < 1.29 is 63.1 Å². The monoisotopic (exact) mass is 991 g/mol. The zero-order chi connectivity index (χ0) is 49.9. The fraction of sp³-hybridized carbons (Fsp3) is 0.926. The van der Waals surface area contributed by atoms with E-state index in [0.29, 0.717) is 12.8 Å². The zero-order valence-corrected chi connectivity index (χ0v) is 44.1. The second-order valence-corrected chi connectivity index (χ2v) is 21.2. The molecule has 6 N–H and O–H groups in total. The summed E-state index contributed by atoms with van der Waals surface area (Å²) in [5.41, 5.74) is 0. The minimum Gasteiger partial charge on any atom is -0.462 e. The number of carbonyl (C=O) groups excluding carboxylic acids is 2. The van der Waals surface area contributed by atoms with Crippen molar-refractivity contribution in [1.82, 2.24) is 0 Å². The van der Waals surface area contributed by atoms with Crippen LogP contribution in [-0.2, 0) is 32.7 Å². The Hall–Kier alpha value is -1.41. The van der Waals surface area contributed by atoms with Gasteiger partial charge >= 0.3 is 19.8 Å². The summed E-state index contributed by atoms with van der Waals surface area (Å²) < 4.78 is 33.7. The molecule has 6 unspecified atom stereocenters. The van der Waals surface area contributed by atoms with Gasteiger partial charge in [-0.3, -0.25) is 18.6 Å². The molecule has 1 saturated carbocycles. The van der Waals surface area contributed by atoms with Gasteiger partial charge in [-0.05, 0) is 38.5 Å². The fourth-order valence-electron chi connectivity index (χ4n) is 8.87. The van der Waals surface area contributed by atoms with Crippen LogP contribution in [0.3, 0.4) is 0 Å². The second kappa shape index (κ2) is 44.3. The summed E-state index contributed by atoms with van der Waals surface area (Å²) in [4.78, 5) is 35.9. The largest absolute Gasteiger partial charge is 0.472 e. The van der Waals surface area contributed by atoms with Crippen LogP contribution in [0.15, 0.2) is 12.2 Å². The van der Waals surface area contributed by atoms with E-state index in [0.717, 1.165) is 51.4 Å². The van der Waals surface area contributed by atoms with Crippen LogP contribution in [0.25, 0.3) is 0 Å². The van der Waals surface area contributed by atoms with Gasteiger partial charge in [0.25, 0.3) is 0 Å². The predicted molar refractivity (Wildman–Crippen MR) is 272 cm³/mol. The maximum absolute atomic E-state index is 12.9. The van der Waals surface area contributed by atoms with Crippen molar-refractivity contribution >= 4 is 19.8 Å². The van der Waals surface area contributed by atoms with Gasteiger partial charge in [-0.15, -0.1) is 0 Å². The van der Waals surface area contributed by atoms with Gasteiger partial charge in [-0.25, -0.2) is 4.57 Å². The highest BCUT2D eigenvalue weighted by atomic mass is 31.2. The predicted octanol–water partition coefficient (Wildman–Crippen LogP) is 12.6. The Labute approximate surface area is 413 Å². The highest BCUT2D eigenvalue weighted by molar-refractivity contribution is 7.47. The van der Waals surface area contributed by atoms with Crippen molar-refractivity contribution in [3.8, 4) is 0 Å². The molecule has 0 radical (unpaired) electrons. The van der Waals surface area contributed by atoms with Crippen LogP contribution in [-0.4, -0.2) is 98.3 Å². The number of hydrogen-bond acceptors (Lipinski definition) is 12. The number of aliphatic hydroxyl groups excluding tert-OH is 5. The molecule has 0 heterocycles. The van der Waals surface area contributed by atoms with E-state index < -0.39 is 75.7 Å². The first kappa shape index (κ1) is 64.6. The van der Waals surface area contributed by atoms with E-state index in [4.69, 9.17) is 18.5 Å².